The Morgan fingerprint density at radius 1 is 1.05 bits per heavy atom. The molecule has 43 heavy (non-hydrogen) atoms. The summed E-state index contributed by atoms with van der Waals surface area (Å²) in [6.07, 6.45) is 7.13. The molecule has 0 radical (unpaired) electrons. The highest BCUT2D eigenvalue weighted by atomic mass is 32.2. The number of amidine groups is 1. The van der Waals surface area contributed by atoms with Gasteiger partial charge in [-0.1, -0.05) is 67.7 Å². The van der Waals surface area contributed by atoms with E-state index in [1.54, 1.807) is 26.0 Å². The summed E-state index contributed by atoms with van der Waals surface area (Å²) in [4.78, 5) is 20.8. The lowest BCUT2D eigenvalue weighted by Gasteiger charge is -2.23. The smallest absolute Gasteiger partial charge is 0.264 e. The lowest BCUT2D eigenvalue weighted by Crippen LogP contribution is -2.40. The Labute approximate surface area is 254 Å². The largest absolute Gasteiger partial charge is 0.381 e. The molecule has 10 heteroatoms. The number of nitrogens with one attached hydrogen (secondary N) is 1. The van der Waals surface area contributed by atoms with Crippen molar-refractivity contribution in [2.75, 3.05) is 17.9 Å². The van der Waals surface area contributed by atoms with E-state index in [1.165, 1.54) is 0 Å². The third-order valence-corrected chi connectivity index (χ3v) is 9.95. The van der Waals surface area contributed by atoms with Crippen LogP contribution in [0.4, 0.5) is 5.88 Å². The van der Waals surface area contributed by atoms with Gasteiger partial charge in [-0.15, -0.1) is 0 Å². The first-order chi connectivity index (χ1) is 20.7. The zero-order valence-corrected chi connectivity index (χ0v) is 26.4. The standard InChI is InChI=1S/C33H42N4O5S/c1-5-7-14-30-34-33(18-10-11-19-33)32(38)37(30)22-25-15-16-27(26(21-25)17-20-41-6-2)28-12-8-9-13-29(28)43(39,40)36-31-23(3)24(4)35-42-31/h8-9,12-13,15-16,21,36H,5-7,10-11,14,17-20,22H2,1-4H3. The van der Waals surface area contributed by atoms with Gasteiger partial charge >= 0.3 is 0 Å². The van der Waals surface area contributed by atoms with E-state index >= 15 is 0 Å². The molecule has 0 bridgehead atoms. The van der Waals surface area contributed by atoms with Gasteiger partial charge in [-0.25, -0.2) is 13.1 Å². The second-order valence-corrected chi connectivity index (χ2v) is 13.2. The Balaban J connectivity index is 1.49. The molecule has 1 fully saturated rings. The fraction of sp³-hybridized carbons (Fsp3) is 0.485. The number of amides is 1. The molecule has 230 valence electrons. The van der Waals surface area contributed by atoms with E-state index in [0.29, 0.717) is 43.0 Å². The van der Waals surface area contributed by atoms with Crippen molar-refractivity contribution in [3.05, 3.63) is 64.8 Å². The number of carbonyl (C=O) groups excluding carboxylic acids is 1. The van der Waals surface area contributed by atoms with Crippen LogP contribution in [0, 0.1) is 13.8 Å². The zero-order valence-electron chi connectivity index (χ0n) is 25.6. The van der Waals surface area contributed by atoms with Crippen LogP contribution < -0.4 is 4.72 Å². The highest BCUT2D eigenvalue weighted by Gasteiger charge is 2.49. The molecule has 9 nitrogen and oxygen atoms in total. The van der Waals surface area contributed by atoms with Crippen LogP contribution in [-0.4, -0.2) is 49.0 Å². The predicted octanol–water partition coefficient (Wildman–Crippen LogP) is 6.58. The number of benzene rings is 2. The van der Waals surface area contributed by atoms with E-state index < -0.39 is 15.6 Å². The number of ether oxygens (including phenoxy) is 1. The van der Waals surface area contributed by atoms with Gasteiger partial charge in [-0.2, -0.15) is 0 Å². The predicted molar refractivity (Wildman–Crippen MR) is 168 cm³/mol. The van der Waals surface area contributed by atoms with Crippen molar-refractivity contribution in [1.29, 1.82) is 0 Å². The highest BCUT2D eigenvalue weighted by Crippen LogP contribution is 2.40. The number of aromatic nitrogens is 1. The summed E-state index contributed by atoms with van der Waals surface area (Å²) < 4.78 is 40.8. The van der Waals surface area contributed by atoms with Crippen LogP contribution >= 0.6 is 0 Å². The Kier molecular flexibility index (Phi) is 9.36. The van der Waals surface area contributed by atoms with Crippen molar-refractivity contribution >= 4 is 27.7 Å². The topological polar surface area (TPSA) is 114 Å². The fourth-order valence-corrected chi connectivity index (χ4v) is 7.30. The summed E-state index contributed by atoms with van der Waals surface area (Å²) in [5.41, 5.74) is 3.99. The summed E-state index contributed by atoms with van der Waals surface area (Å²) in [6, 6.07) is 13.0. The molecule has 1 aliphatic heterocycles. The molecule has 0 saturated heterocycles. The number of aliphatic imine (C=N–C) groups is 1. The first-order valence-corrected chi connectivity index (χ1v) is 16.8. The molecule has 5 rings (SSSR count). The van der Waals surface area contributed by atoms with Gasteiger partial charge in [0.25, 0.3) is 15.9 Å². The van der Waals surface area contributed by atoms with Crippen molar-refractivity contribution in [3.63, 3.8) is 0 Å². The van der Waals surface area contributed by atoms with Crippen LogP contribution in [0.25, 0.3) is 11.1 Å². The highest BCUT2D eigenvalue weighted by molar-refractivity contribution is 7.92. The first-order valence-electron chi connectivity index (χ1n) is 15.3. The molecule has 1 spiro atoms. The van der Waals surface area contributed by atoms with Gasteiger partial charge in [0.15, 0.2) is 0 Å². The van der Waals surface area contributed by atoms with Gasteiger partial charge in [-0.3, -0.25) is 14.7 Å². The molecule has 1 aliphatic carbocycles. The van der Waals surface area contributed by atoms with Crippen LogP contribution in [0.3, 0.4) is 0 Å². The molecule has 3 aromatic rings. The second kappa shape index (κ2) is 13.0. The van der Waals surface area contributed by atoms with E-state index in [1.807, 2.05) is 36.1 Å². The molecule has 1 aromatic heterocycles. The summed E-state index contributed by atoms with van der Waals surface area (Å²) in [5, 5.41) is 3.88. The number of aryl methyl sites for hydroxylation is 1. The van der Waals surface area contributed by atoms with Crippen molar-refractivity contribution in [1.82, 2.24) is 10.1 Å². The summed E-state index contributed by atoms with van der Waals surface area (Å²) in [7, 11) is -3.99. The van der Waals surface area contributed by atoms with Gasteiger partial charge in [0.05, 0.1) is 23.7 Å². The molecule has 1 saturated carbocycles. The Morgan fingerprint density at radius 3 is 2.51 bits per heavy atom. The summed E-state index contributed by atoms with van der Waals surface area (Å²) in [5.74, 6) is 1.13. The number of anilines is 1. The van der Waals surface area contributed by atoms with E-state index in [-0.39, 0.29) is 16.7 Å². The van der Waals surface area contributed by atoms with Crippen molar-refractivity contribution in [2.24, 2.45) is 4.99 Å². The minimum atomic E-state index is -3.99. The van der Waals surface area contributed by atoms with Gasteiger partial charge in [0.2, 0.25) is 5.88 Å². The van der Waals surface area contributed by atoms with Gasteiger partial charge in [-0.05, 0) is 69.2 Å². The molecule has 2 aromatic carbocycles. The second-order valence-electron chi connectivity index (χ2n) is 11.5. The Bertz CT molecular complexity index is 1600. The van der Waals surface area contributed by atoms with Crippen LogP contribution in [0.1, 0.15) is 81.2 Å². The number of rotatable bonds is 13. The lowest BCUT2D eigenvalue weighted by molar-refractivity contribution is -0.131. The van der Waals surface area contributed by atoms with Crippen LogP contribution in [-0.2, 0) is 32.5 Å². The molecule has 0 unspecified atom stereocenters. The summed E-state index contributed by atoms with van der Waals surface area (Å²) in [6.45, 7) is 9.14. The number of sulfonamides is 1. The van der Waals surface area contributed by atoms with Gasteiger partial charge in [0.1, 0.15) is 11.4 Å². The molecule has 1 amide bonds. The number of hydrogen-bond acceptors (Lipinski definition) is 7. The van der Waals surface area contributed by atoms with Gasteiger partial charge in [0, 0.05) is 24.2 Å². The van der Waals surface area contributed by atoms with E-state index in [0.717, 1.165) is 67.5 Å². The van der Waals surface area contributed by atoms with Crippen molar-refractivity contribution in [3.8, 4) is 11.1 Å². The van der Waals surface area contributed by atoms with Crippen LogP contribution in [0.2, 0.25) is 0 Å². The van der Waals surface area contributed by atoms with E-state index in [4.69, 9.17) is 14.3 Å². The third-order valence-electron chi connectivity index (χ3n) is 8.56. The quantitative estimate of drug-likeness (QED) is 0.220. The molecular formula is C33H42N4O5S. The van der Waals surface area contributed by atoms with Crippen molar-refractivity contribution in [2.45, 2.75) is 96.0 Å². The molecule has 2 aliphatic rings. The fourth-order valence-electron chi connectivity index (χ4n) is 6.03. The molecular weight excluding hydrogens is 564 g/mol. The van der Waals surface area contributed by atoms with Gasteiger partial charge < -0.3 is 9.26 Å². The minimum absolute atomic E-state index is 0.107. The number of unbranched alkanes of at least 4 members (excludes halogenated alkanes) is 1. The van der Waals surface area contributed by atoms with Crippen molar-refractivity contribution < 1.29 is 22.5 Å². The number of hydrogen-bond donors (Lipinski definition) is 1. The first kappa shape index (κ1) is 30.9. The molecule has 1 N–H and O–H groups in total. The van der Waals surface area contributed by atoms with Crippen LogP contribution in [0.5, 0.6) is 0 Å². The normalized spacial score (nSPS) is 16.3. The maximum absolute atomic E-state index is 13.7. The molecule has 0 atom stereocenters. The summed E-state index contributed by atoms with van der Waals surface area (Å²) >= 11 is 0. The average Bonchev–Trinajstić information content (AvgIpc) is 3.67. The van der Waals surface area contributed by atoms with E-state index in [9.17, 15) is 13.2 Å². The van der Waals surface area contributed by atoms with Crippen LogP contribution in [0.15, 0.2) is 56.9 Å². The SMILES string of the molecule is CCCCC1=NC2(CCCC2)C(=O)N1Cc1ccc(-c2ccccc2S(=O)(=O)Nc2onc(C)c2C)c(CCOCC)c1. The number of carbonyl (C=O) groups is 1. The average molecular weight is 607 g/mol. The Hall–Kier alpha value is -3.50. The van der Waals surface area contributed by atoms with E-state index in [2.05, 4.69) is 22.9 Å². The maximum atomic E-state index is 13.7. The maximum Gasteiger partial charge on any atom is 0.264 e. The Morgan fingerprint density at radius 2 is 1.81 bits per heavy atom. The molecule has 2 heterocycles. The third kappa shape index (κ3) is 6.40. The monoisotopic (exact) mass is 606 g/mol. The minimum Gasteiger partial charge on any atom is -0.381 e. The number of nitrogens with zero attached hydrogens (tertiary/aromatic N) is 3. The zero-order chi connectivity index (χ0) is 30.6. The lowest BCUT2D eigenvalue weighted by atomic mass is 9.95.